The van der Waals surface area contributed by atoms with Gasteiger partial charge in [-0.3, -0.25) is 9.59 Å². The van der Waals surface area contributed by atoms with Crippen LogP contribution in [0.3, 0.4) is 0 Å². The summed E-state index contributed by atoms with van der Waals surface area (Å²) in [4.78, 5) is 27.1. The van der Waals surface area contributed by atoms with E-state index in [0.717, 1.165) is 23.8 Å². The number of hydrogen-bond donors (Lipinski definition) is 2. The van der Waals surface area contributed by atoms with Crippen molar-refractivity contribution in [2.24, 2.45) is 0 Å². The predicted octanol–water partition coefficient (Wildman–Crippen LogP) is 5.04. The number of hydrogen-bond acceptors (Lipinski definition) is 2. The predicted molar refractivity (Wildman–Crippen MR) is 103 cm³/mol. The van der Waals surface area contributed by atoms with Crippen molar-refractivity contribution in [1.29, 1.82) is 0 Å². The van der Waals surface area contributed by atoms with Crippen LogP contribution in [-0.4, -0.2) is 10.9 Å². The molecule has 1 amide bonds. The summed E-state index contributed by atoms with van der Waals surface area (Å²) in [6.07, 6.45) is 1.78. The molecule has 1 aromatic heterocycles. The molecule has 25 heavy (non-hydrogen) atoms. The first-order valence-corrected chi connectivity index (χ1v) is 8.66. The van der Waals surface area contributed by atoms with Crippen LogP contribution >= 0.6 is 23.2 Å². The minimum atomic E-state index is -0.340. The minimum absolute atomic E-state index is 0.153. The van der Waals surface area contributed by atoms with Gasteiger partial charge in [-0.25, -0.2) is 0 Å². The topological polar surface area (TPSA) is 62.0 Å². The number of aromatic nitrogens is 1. The van der Waals surface area contributed by atoms with Crippen LogP contribution in [0.5, 0.6) is 0 Å². The van der Waals surface area contributed by atoms with E-state index in [4.69, 9.17) is 23.2 Å². The van der Waals surface area contributed by atoms with Gasteiger partial charge in [0.25, 0.3) is 5.91 Å². The number of pyridine rings is 1. The van der Waals surface area contributed by atoms with Crippen molar-refractivity contribution in [2.75, 3.05) is 5.32 Å². The Balaban J connectivity index is 1.94. The first kappa shape index (κ1) is 17.5. The van der Waals surface area contributed by atoms with Crippen molar-refractivity contribution in [3.63, 3.8) is 0 Å². The average molecular weight is 375 g/mol. The molecular formula is C19H16Cl2N2O2. The fourth-order valence-corrected chi connectivity index (χ4v) is 3.25. The molecule has 3 aromatic rings. The van der Waals surface area contributed by atoms with Crippen molar-refractivity contribution in [3.05, 3.63) is 74.0 Å². The number of rotatable bonds is 4. The molecular weight excluding hydrogens is 359 g/mol. The van der Waals surface area contributed by atoms with E-state index in [1.807, 2.05) is 12.1 Å². The van der Waals surface area contributed by atoms with E-state index in [9.17, 15) is 9.59 Å². The van der Waals surface area contributed by atoms with Gasteiger partial charge in [-0.05, 0) is 42.3 Å². The Kier molecular flexibility index (Phi) is 5.11. The normalized spacial score (nSPS) is 10.8. The lowest BCUT2D eigenvalue weighted by Crippen LogP contribution is -2.13. The minimum Gasteiger partial charge on any atom is -0.322 e. The molecule has 1 heterocycles. The molecule has 0 aliphatic carbocycles. The Bertz CT molecular complexity index is 1010. The van der Waals surface area contributed by atoms with Crippen LogP contribution in [0.25, 0.3) is 10.9 Å². The molecule has 0 bridgehead atoms. The first-order chi connectivity index (χ1) is 12.0. The van der Waals surface area contributed by atoms with Crippen LogP contribution in [-0.2, 0) is 6.42 Å². The maximum Gasteiger partial charge on any atom is 0.257 e. The van der Waals surface area contributed by atoms with Crippen LogP contribution in [0.1, 0.15) is 29.3 Å². The van der Waals surface area contributed by atoms with Crippen molar-refractivity contribution in [2.45, 2.75) is 19.8 Å². The second-order valence-electron chi connectivity index (χ2n) is 5.75. The lowest BCUT2D eigenvalue weighted by Gasteiger charge is -2.10. The number of aromatic amines is 1. The van der Waals surface area contributed by atoms with E-state index in [0.29, 0.717) is 21.8 Å². The van der Waals surface area contributed by atoms with Gasteiger partial charge in [-0.2, -0.15) is 0 Å². The number of carbonyl (C=O) groups is 1. The third kappa shape index (κ3) is 3.86. The number of H-pyrrole nitrogens is 1. The quantitative estimate of drug-likeness (QED) is 0.671. The molecule has 0 spiro atoms. The number of nitrogens with one attached hydrogen (secondary N) is 2. The summed E-state index contributed by atoms with van der Waals surface area (Å²) >= 11 is 11.9. The molecule has 0 radical (unpaired) electrons. The highest BCUT2D eigenvalue weighted by Crippen LogP contribution is 2.24. The number of fused-ring (bicyclic) bond motifs is 1. The zero-order chi connectivity index (χ0) is 18.0. The molecule has 0 fully saturated rings. The van der Waals surface area contributed by atoms with E-state index >= 15 is 0 Å². The summed E-state index contributed by atoms with van der Waals surface area (Å²) in [5, 5.41) is 4.52. The number of benzene rings is 2. The summed E-state index contributed by atoms with van der Waals surface area (Å²) in [6.45, 7) is 2.07. The summed E-state index contributed by atoms with van der Waals surface area (Å²) < 4.78 is 0. The van der Waals surface area contributed by atoms with Gasteiger partial charge in [-0.15, -0.1) is 0 Å². The van der Waals surface area contributed by atoms with E-state index in [1.165, 1.54) is 6.07 Å². The smallest absolute Gasteiger partial charge is 0.257 e. The largest absolute Gasteiger partial charge is 0.322 e. The highest BCUT2D eigenvalue weighted by Gasteiger charge is 2.12. The van der Waals surface area contributed by atoms with Crippen LogP contribution in [0.2, 0.25) is 10.0 Å². The Hall–Kier alpha value is -2.30. The molecule has 6 heteroatoms. The number of carbonyl (C=O) groups excluding carboxylic acids is 1. The van der Waals surface area contributed by atoms with Gasteiger partial charge in [0.15, 0.2) is 0 Å². The third-order valence-corrected chi connectivity index (χ3v) is 4.43. The first-order valence-electron chi connectivity index (χ1n) is 7.90. The van der Waals surface area contributed by atoms with E-state index in [-0.39, 0.29) is 16.5 Å². The molecule has 0 saturated carbocycles. The highest BCUT2D eigenvalue weighted by molar-refractivity contribution is 6.37. The van der Waals surface area contributed by atoms with Crippen molar-refractivity contribution in [3.8, 4) is 0 Å². The maximum absolute atomic E-state index is 12.4. The van der Waals surface area contributed by atoms with Gasteiger partial charge in [0.05, 0.1) is 16.1 Å². The van der Waals surface area contributed by atoms with Gasteiger partial charge in [0.2, 0.25) is 5.56 Å². The molecule has 3 rings (SSSR count). The van der Waals surface area contributed by atoms with E-state index < -0.39 is 0 Å². The molecule has 2 aromatic carbocycles. The van der Waals surface area contributed by atoms with Gasteiger partial charge >= 0.3 is 0 Å². The monoisotopic (exact) mass is 374 g/mol. The van der Waals surface area contributed by atoms with Gasteiger partial charge < -0.3 is 10.3 Å². The lowest BCUT2D eigenvalue weighted by atomic mass is 10.0. The summed E-state index contributed by atoms with van der Waals surface area (Å²) in [7, 11) is 0. The molecule has 2 N–H and O–H groups in total. The van der Waals surface area contributed by atoms with Crippen LogP contribution in [0.15, 0.2) is 47.3 Å². The fraction of sp³-hybridized carbons (Fsp3) is 0.158. The van der Waals surface area contributed by atoms with Gasteiger partial charge in [0.1, 0.15) is 0 Å². The molecule has 0 saturated heterocycles. The zero-order valence-corrected chi connectivity index (χ0v) is 15.0. The fourth-order valence-electron chi connectivity index (χ4n) is 2.76. The second-order valence-corrected chi connectivity index (χ2v) is 6.59. The standard InChI is InChI=1S/C19H16Cl2N2O2/c1-2-3-11-8-18(24)23-17-10-13(5-7-14(11)17)22-19(25)15-6-4-12(20)9-16(15)21/h4-10H,2-3H2,1H3,(H,22,25)(H,23,24). The molecule has 128 valence electrons. The van der Waals surface area contributed by atoms with E-state index in [1.54, 1.807) is 24.3 Å². The second kappa shape index (κ2) is 7.30. The van der Waals surface area contributed by atoms with Crippen LogP contribution in [0.4, 0.5) is 5.69 Å². The molecule has 0 aliphatic heterocycles. The molecule has 0 aliphatic rings. The molecule has 0 atom stereocenters. The average Bonchev–Trinajstić information content (AvgIpc) is 2.54. The van der Waals surface area contributed by atoms with Crippen molar-refractivity contribution < 1.29 is 4.79 Å². The van der Waals surface area contributed by atoms with Crippen molar-refractivity contribution >= 4 is 45.7 Å². The summed E-state index contributed by atoms with van der Waals surface area (Å²) in [5.41, 5.74) is 2.45. The Morgan fingerprint density at radius 3 is 2.64 bits per heavy atom. The number of anilines is 1. The van der Waals surface area contributed by atoms with Gasteiger partial charge in [-0.1, -0.05) is 42.6 Å². The Morgan fingerprint density at radius 2 is 1.92 bits per heavy atom. The lowest BCUT2D eigenvalue weighted by molar-refractivity contribution is 0.102. The van der Waals surface area contributed by atoms with Crippen molar-refractivity contribution in [1.82, 2.24) is 4.98 Å². The summed E-state index contributed by atoms with van der Waals surface area (Å²) in [6, 6.07) is 11.8. The maximum atomic E-state index is 12.4. The number of amides is 1. The Labute approximate surface area is 154 Å². The molecule has 4 nitrogen and oxygen atoms in total. The number of halogens is 2. The third-order valence-electron chi connectivity index (χ3n) is 3.88. The molecule has 0 unspecified atom stereocenters. The van der Waals surface area contributed by atoms with Gasteiger partial charge in [0, 0.05) is 22.2 Å². The Morgan fingerprint density at radius 1 is 1.12 bits per heavy atom. The highest BCUT2D eigenvalue weighted by atomic mass is 35.5. The van der Waals surface area contributed by atoms with Crippen LogP contribution in [0, 0.1) is 0 Å². The number of aryl methyl sites for hydroxylation is 1. The van der Waals surface area contributed by atoms with Crippen LogP contribution < -0.4 is 10.9 Å². The van der Waals surface area contributed by atoms with E-state index in [2.05, 4.69) is 17.2 Å². The summed E-state index contributed by atoms with van der Waals surface area (Å²) in [5.74, 6) is -0.340. The SMILES string of the molecule is CCCc1cc(=O)[nH]c2cc(NC(=O)c3ccc(Cl)cc3Cl)ccc12. The zero-order valence-electron chi connectivity index (χ0n) is 13.5.